The largest absolute Gasteiger partial charge is 0.463 e. The molecule has 9 heteroatoms. The van der Waals surface area contributed by atoms with Crippen LogP contribution in [-0.4, -0.2) is 41.2 Å². The van der Waals surface area contributed by atoms with Crippen LogP contribution in [0.15, 0.2) is 34.7 Å². The van der Waals surface area contributed by atoms with Gasteiger partial charge in [-0.3, -0.25) is 14.5 Å². The van der Waals surface area contributed by atoms with Crippen LogP contribution in [0.4, 0.5) is 9.18 Å². The third-order valence-corrected chi connectivity index (χ3v) is 5.04. The average molecular weight is 408 g/mol. The number of hydrogen-bond acceptors (Lipinski definition) is 4. The van der Waals surface area contributed by atoms with E-state index >= 15 is 0 Å². The molecule has 1 saturated heterocycles. The molecular formula is C19H19ClFN3O4. The van der Waals surface area contributed by atoms with Crippen LogP contribution in [0.25, 0.3) is 0 Å². The van der Waals surface area contributed by atoms with Crippen molar-refractivity contribution in [2.45, 2.75) is 25.9 Å². The number of urea groups is 1. The van der Waals surface area contributed by atoms with Crippen LogP contribution in [0, 0.1) is 12.7 Å². The summed E-state index contributed by atoms with van der Waals surface area (Å²) in [5.74, 6) is -0.804. The highest BCUT2D eigenvalue weighted by Crippen LogP contribution is 2.30. The molecule has 28 heavy (non-hydrogen) atoms. The first kappa shape index (κ1) is 19.9. The number of nitrogens with one attached hydrogen (secondary N) is 1. The molecule has 1 atom stereocenters. The number of carbonyl (C=O) groups excluding carboxylic acids is 3. The van der Waals surface area contributed by atoms with Gasteiger partial charge in [-0.25, -0.2) is 9.18 Å². The molecule has 7 nitrogen and oxygen atoms in total. The summed E-state index contributed by atoms with van der Waals surface area (Å²) in [6.45, 7) is 2.65. The lowest BCUT2D eigenvalue weighted by Crippen LogP contribution is -2.43. The fraction of sp³-hybridized carbons (Fsp3) is 0.316. The number of carbonyl (C=O) groups is 3. The summed E-state index contributed by atoms with van der Waals surface area (Å²) in [5.41, 5.74) is -1.23. The smallest absolute Gasteiger partial charge is 0.325 e. The molecule has 0 saturated carbocycles. The lowest BCUT2D eigenvalue weighted by atomic mass is 9.99. The van der Waals surface area contributed by atoms with Gasteiger partial charge >= 0.3 is 6.03 Å². The van der Waals surface area contributed by atoms with Gasteiger partial charge in [0.15, 0.2) is 5.54 Å². The van der Waals surface area contributed by atoms with Crippen molar-refractivity contribution in [1.82, 2.24) is 15.1 Å². The molecule has 1 aliphatic heterocycles. The number of halogens is 2. The monoisotopic (exact) mass is 407 g/mol. The summed E-state index contributed by atoms with van der Waals surface area (Å²) in [6.07, 6.45) is 0. The Morgan fingerprint density at radius 3 is 2.64 bits per heavy atom. The Hall–Kier alpha value is -2.87. The maximum absolute atomic E-state index is 13.9. The second-order valence-electron chi connectivity index (χ2n) is 6.81. The van der Waals surface area contributed by atoms with Gasteiger partial charge in [0.1, 0.15) is 23.9 Å². The summed E-state index contributed by atoms with van der Waals surface area (Å²) in [7, 11) is 1.44. The predicted molar refractivity (Wildman–Crippen MR) is 98.9 cm³/mol. The zero-order chi connectivity index (χ0) is 20.6. The first-order valence-electron chi connectivity index (χ1n) is 8.51. The lowest BCUT2D eigenvalue weighted by Gasteiger charge is -2.22. The third-order valence-electron chi connectivity index (χ3n) is 4.68. The van der Waals surface area contributed by atoms with Crippen LogP contribution in [-0.2, 0) is 21.7 Å². The molecule has 1 N–H and O–H groups in total. The number of amides is 4. The summed E-state index contributed by atoms with van der Waals surface area (Å²) >= 11 is 5.99. The van der Waals surface area contributed by atoms with Crippen molar-refractivity contribution in [3.8, 4) is 0 Å². The number of hydrogen-bond donors (Lipinski definition) is 1. The maximum Gasteiger partial charge on any atom is 0.325 e. The fourth-order valence-corrected chi connectivity index (χ4v) is 3.20. The van der Waals surface area contributed by atoms with Gasteiger partial charge in [-0.15, -0.1) is 0 Å². The van der Waals surface area contributed by atoms with Gasteiger partial charge in [0.05, 0.1) is 0 Å². The zero-order valence-corrected chi connectivity index (χ0v) is 16.3. The van der Waals surface area contributed by atoms with Crippen LogP contribution >= 0.6 is 11.6 Å². The number of nitrogens with zero attached hydrogens (tertiary/aromatic N) is 2. The zero-order valence-electron chi connectivity index (χ0n) is 15.6. The van der Waals surface area contributed by atoms with E-state index in [-0.39, 0.29) is 22.9 Å². The molecular weight excluding hydrogens is 389 g/mol. The summed E-state index contributed by atoms with van der Waals surface area (Å²) < 4.78 is 19.4. The highest BCUT2D eigenvalue weighted by Gasteiger charge is 2.51. The molecule has 1 fully saturated rings. The lowest BCUT2D eigenvalue weighted by molar-refractivity contribution is -0.138. The van der Waals surface area contributed by atoms with Crippen molar-refractivity contribution in [3.05, 3.63) is 58.3 Å². The molecule has 3 rings (SSSR count). The van der Waals surface area contributed by atoms with Gasteiger partial charge in [0.25, 0.3) is 5.91 Å². The summed E-state index contributed by atoms with van der Waals surface area (Å²) in [6, 6.07) is 6.81. The molecule has 1 aromatic carbocycles. The Labute approximate surface area is 166 Å². The van der Waals surface area contributed by atoms with Crippen molar-refractivity contribution in [2.24, 2.45) is 0 Å². The Balaban J connectivity index is 1.73. The number of rotatable bonds is 5. The normalized spacial score (nSPS) is 19.1. The fourth-order valence-electron chi connectivity index (χ4n) is 2.98. The number of likely N-dealkylation sites (N-methyl/N-ethyl adjacent to an activating group) is 1. The van der Waals surface area contributed by atoms with Gasteiger partial charge in [0.2, 0.25) is 5.91 Å². The van der Waals surface area contributed by atoms with Gasteiger partial charge < -0.3 is 14.6 Å². The van der Waals surface area contributed by atoms with E-state index in [9.17, 15) is 18.8 Å². The van der Waals surface area contributed by atoms with Crippen LogP contribution in [0.1, 0.15) is 24.0 Å². The number of aryl methyl sites for hydroxylation is 1. The SMILES string of the molecule is Cc1ccc([C@]2(C)NC(=O)N(CC(=O)N(C)Cc3c(F)cccc3Cl)C2=O)o1. The second-order valence-corrected chi connectivity index (χ2v) is 7.21. The van der Waals surface area contributed by atoms with E-state index in [0.29, 0.717) is 5.76 Å². The predicted octanol–water partition coefficient (Wildman–Crippen LogP) is 2.81. The van der Waals surface area contributed by atoms with E-state index < -0.39 is 35.7 Å². The van der Waals surface area contributed by atoms with Crippen LogP contribution in [0.5, 0.6) is 0 Å². The highest BCUT2D eigenvalue weighted by atomic mass is 35.5. The van der Waals surface area contributed by atoms with Crippen LogP contribution in [0.3, 0.4) is 0 Å². The van der Waals surface area contributed by atoms with E-state index in [4.69, 9.17) is 16.0 Å². The average Bonchev–Trinajstić information content (AvgIpc) is 3.16. The summed E-state index contributed by atoms with van der Waals surface area (Å²) in [4.78, 5) is 39.7. The number of imide groups is 1. The van der Waals surface area contributed by atoms with Gasteiger partial charge in [-0.2, -0.15) is 0 Å². The van der Waals surface area contributed by atoms with E-state index in [0.717, 1.165) is 4.90 Å². The molecule has 1 aliphatic rings. The van der Waals surface area contributed by atoms with Crippen molar-refractivity contribution in [2.75, 3.05) is 13.6 Å². The Morgan fingerprint density at radius 2 is 2.04 bits per heavy atom. The van der Waals surface area contributed by atoms with E-state index in [1.807, 2.05) is 0 Å². The molecule has 0 aliphatic carbocycles. The van der Waals surface area contributed by atoms with Crippen LogP contribution in [0.2, 0.25) is 5.02 Å². The quantitative estimate of drug-likeness (QED) is 0.772. The number of furan rings is 1. The van der Waals surface area contributed by atoms with Gasteiger partial charge in [-0.05, 0) is 38.1 Å². The number of benzene rings is 1. The van der Waals surface area contributed by atoms with E-state index in [1.54, 1.807) is 19.1 Å². The molecule has 0 unspecified atom stereocenters. The standard InChI is InChI=1S/C19H19ClFN3O4/c1-11-7-8-15(28-11)19(2)17(26)24(18(27)22-19)10-16(25)23(3)9-12-13(20)5-4-6-14(12)21/h4-8H,9-10H2,1-3H3,(H,22,27)/t19-/m0/s1. The minimum atomic E-state index is -1.39. The molecule has 0 radical (unpaired) electrons. The Morgan fingerprint density at radius 1 is 1.32 bits per heavy atom. The first-order chi connectivity index (χ1) is 13.1. The topological polar surface area (TPSA) is 82.9 Å². The first-order valence-corrected chi connectivity index (χ1v) is 8.89. The second kappa shape index (κ2) is 7.27. The molecule has 2 aromatic rings. The minimum Gasteiger partial charge on any atom is -0.463 e. The van der Waals surface area contributed by atoms with Crippen molar-refractivity contribution in [3.63, 3.8) is 0 Å². The molecule has 2 heterocycles. The Kier molecular flexibility index (Phi) is 5.16. The molecule has 0 spiro atoms. The van der Waals surface area contributed by atoms with Crippen molar-refractivity contribution >= 4 is 29.4 Å². The van der Waals surface area contributed by atoms with Gasteiger partial charge in [-0.1, -0.05) is 17.7 Å². The van der Waals surface area contributed by atoms with Gasteiger partial charge in [0, 0.05) is 24.2 Å². The van der Waals surface area contributed by atoms with Crippen molar-refractivity contribution in [1.29, 1.82) is 0 Å². The molecule has 4 amide bonds. The summed E-state index contributed by atoms with van der Waals surface area (Å²) in [5, 5.41) is 2.75. The molecule has 148 valence electrons. The Bertz CT molecular complexity index is 940. The van der Waals surface area contributed by atoms with E-state index in [2.05, 4.69) is 5.32 Å². The molecule has 0 bridgehead atoms. The van der Waals surface area contributed by atoms with Crippen molar-refractivity contribution < 1.29 is 23.2 Å². The third kappa shape index (κ3) is 3.47. The minimum absolute atomic E-state index is 0.0946. The van der Waals surface area contributed by atoms with Crippen LogP contribution < -0.4 is 5.32 Å². The maximum atomic E-state index is 13.9. The molecule has 1 aromatic heterocycles. The highest BCUT2D eigenvalue weighted by molar-refractivity contribution is 6.31. The van der Waals surface area contributed by atoms with E-state index in [1.165, 1.54) is 37.1 Å².